The molecule has 1 aromatic heterocycles. The van der Waals surface area contributed by atoms with Crippen molar-refractivity contribution in [1.29, 1.82) is 0 Å². The van der Waals surface area contributed by atoms with Crippen LogP contribution in [0.25, 0.3) is 10.8 Å². The third-order valence-corrected chi connectivity index (χ3v) is 4.76. The number of nitrogens with zero attached hydrogens (tertiary/aromatic N) is 2. The molecule has 0 radical (unpaired) electrons. The van der Waals surface area contributed by atoms with E-state index in [1.807, 2.05) is 36.7 Å². The first-order valence-corrected chi connectivity index (χ1v) is 9.08. The molecule has 5 nitrogen and oxygen atoms in total. The van der Waals surface area contributed by atoms with Crippen LogP contribution in [0.2, 0.25) is 0 Å². The van der Waals surface area contributed by atoms with E-state index in [0.29, 0.717) is 12.1 Å². The van der Waals surface area contributed by atoms with Gasteiger partial charge in [0.2, 0.25) is 0 Å². The van der Waals surface area contributed by atoms with Crippen molar-refractivity contribution in [3.8, 4) is 0 Å². The third kappa shape index (κ3) is 4.31. The van der Waals surface area contributed by atoms with E-state index < -0.39 is 0 Å². The predicted molar refractivity (Wildman–Crippen MR) is 112 cm³/mol. The molecule has 1 atom stereocenters. The van der Waals surface area contributed by atoms with Gasteiger partial charge in [0.25, 0.3) is 5.91 Å². The molecule has 0 fully saturated rings. The Morgan fingerprint density at radius 1 is 1.19 bits per heavy atom. The van der Waals surface area contributed by atoms with Crippen LogP contribution >= 0.6 is 12.4 Å². The minimum absolute atomic E-state index is 0. The van der Waals surface area contributed by atoms with Crippen LogP contribution in [0.3, 0.4) is 0 Å². The number of nitrogens with two attached hydrogens (primary N) is 1. The molecule has 3 N–H and O–H groups in total. The Balaban J connectivity index is 0.00000261. The summed E-state index contributed by atoms with van der Waals surface area (Å²) in [5.41, 5.74) is 9.28. The van der Waals surface area contributed by atoms with Crippen molar-refractivity contribution in [2.45, 2.75) is 39.8 Å². The third-order valence-electron chi connectivity index (χ3n) is 4.76. The summed E-state index contributed by atoms with van der Waals surface area (Å²) < 4.78 is 1.90. The number of aryl methyl sites for hydroxylation is 2. The van der Waals surface area contributed by atoms with Crippen molar-refractivity contribution in [2.75, 3.05) is 6.54 Å². The van der Waals surface area contributed by atoms with Crippen LogP contribution in [0, 0.1) is 13.8 Å². The van der Waals surface area contributed by atoms with Gasteiger partial charge in [-0.3, -0.25) is 9.48 Å². The van der Waals surface area contributed by atoms with Gasteiger partial charge < -0.3 is 11.1 Å². The minimum Gasteiger partial charge on any atom is -0.344 e. The van der Waals surface area contributed by atoms with E-state index in [4.69, 9.17) is 5.73 Å². The van der Waals surface area contributed by atoms with Gasteiger partial charge in [0.05, 0.1) is 17.3 Å². The van der Waals surface area contributed by atoms with Crippen molar-refractivity contribution in [2.24, 2.45) is 5.73 Å². The first-order valence-electron chi connectivity index (χ1n) is 9.08. The van der Waals surface area contributed by atoms with Gasteiger partial charge in [0.15, 0.2) is 0 Å². The number of amides is 1. The van der Waals surface area contributed by atoms with Crippen LogP contribution in [0.15, 0.2) is 42.5 Å². The molecule has 0 bridgehead atoms. The number of hydrogen-bond donors (Lipinski definition) is 2. The fourth-order valence-corrected chi connectivity index (χ4v) is 3.39. The second kappa shape index (κ2) is 9.02. The Labute approximate surface area is 166 Å². The van der Waals surface area contributed by atoms with Crippen molar-refractivity contribution < 1.29 is 4.79 Å². The Bertz CT molecular complexity index is 935. The molecule has 0 aliphatic carbocycles. The molecular formula is C21H27ClN4O. The highest BCUT2D eigenvalue weighted by Crippen LogP contribution is 2.21. The summed E-state index contributed by atoms with van der Waals surface area (Å²) >= 11 is 0. The molecule has 6 heteroatoms. The van der Waals surface area contributed by atoms with E-state index in [1.165, 1.54) is 5.39 Å². The Morgan fingerprint density at radius 2 is 1.89 bits per heavy atom. The van der Waals surface area contributed by atoms with E-state index in [1.54, 1.807) is 0 Å². The van der Waals surface area contributed by atoms with Crippen LogP contribution < -0.4 is 11.1 Å². The molecule has 3 aromatic rings. The number of hydrogen-bond acceptors (Lipinski definition) is 3. The van der Waals surface area contributed by atoms with Crippen molar-refractivity contribution in [1.82, 2.24) is 15.1 Å². The van der Waals surface area contributed by atoms with Gasteiger partial charge in [0.1, 0.15) is 0 Å². The highest BCUT2D eigenvalue weighted by molar-refractivity contribution is 5.96. The number of carbonyl (C=O) groups excluding carboxylic acids is 1. The zero-order chi connectivity index (χ0) is 18.7. The largest absolute Gasteiger partial charge is 0.344 e. The van der Waals surface area contributed by atoms with Crippen LogP contribution in [0.5, 0.6) is 0 Å². The molecule has 1 amide bonds. The molecule has 2 aromatic carbocycles. The van der Waals surface area contributed by atoms with Gasteiger partial charge >= 0.3 is 0 Å². The van der Waals surface area contributed by atoms with E-state index in [0.717, 1.165) is 35.3 Å². The van der Waals surface area contributed by atoms with Crippen LogP contribution in [0.4, 0.5) is 0 Å². The number of aromatic nitrogens is 2. The molecule has 0 aliphatic rings. The first kappa shape index (κ1) is 20.9. The van der Waals surface area contributed by atoms with Gasteiger partial charge in [-0.05, 0) is 42.7 Å². The fourth-order valence-electron chi connectivity index (χ4n) is 3.39. The van der Waals surface area contributed by atoms with E-state index in [9.17, 15) is 4.79 Å². The Hall–Kier alpha value is -2.37. The van der Waals surface area contributed by atoms with E-state index in [2.05, 4.69) is 41.6 Å². The maximum atomic E-state index is 12.9. The number of carbonyl (C=O) groups is 1. The van der Waals surface area contributed by atoms with Crippen LogP contribution in [0.1, 0.15) is 46.7 Å². The Kier molecular flexibility index (Phi) is 6.99. The number of fused-ring (bicyclic) bond motifs is 1. The van der Waals surface area contributed by atoms with Crippen molar-refractivity contribution in [3.63, 3.8) is 0 Å². The highest BCUT2D eigenvalue weighted by atomic mass is 35.5. The zero-order valence-corrected chi connectivity index (χ0v) is 16.8. The molecule has 0 aliphatic heterocycles. The monoisotopic (exact) mass is 386 g/mol. The average molecular weight is 387 g/mol. The summed E-state index contributed by atoms with van der Waals surface area (Å²) in [5.74, 6) is -0.119. The number of benzene rings is 2. The molecule has 0 spiro atoms. The number of rotatable bonds is 6. The molecule has 27 heavy (non-hydrogen) atoms. The quantitative estimate of drug-likeness (QED) is 0.674. The smallest absolute Gasteiger partial charge is 0.255 e. The highest BCUT2D eigenvalue weighted by Gasteiger charge is 2.21. The summed E-state index contributed by atoms with van der Waals surface area (Å²) in [6.45, 7) is 7.07. The van der Waals surface area contributed by atoms with Gasteiger partial charge in [-0.2, -0.15) is 5.10 Å². The SMILES string of the molecule is CCCn1nc(C)c(C(=O)NC(CN)c2ccc3ccccc3c2)c1C.Cl. The topological polar surface area (TPSA) is 72.9 Å². The van der Waals surface area contributed by atoms with E-state index >= 15 is 0 Å². The second-order valence-corrected chi connectivity index (χ2v) is 6.64. The van der Waals surface area contributed by atoms with E-state index in [-0.39, 0.29) is 24.4 Å². The standard InChI is InChI=1S/C21H26N4O.ClH/c1-4-11-25-15(3)20(14(2)24-25)21(26)23-19(13-22)18-10-9-16-7-5-6-8-17(16)12-18;/h5-10,12,19H,4,11,13,22H2,1-3H3,(H,23,26);1H. The fraction of sp³-hybridized carbons (Fsp3) is 0.333. The molecule has 1 unspecified atom stereocenters. The summed E-state index contributed by atoms with van der Waals surface area (Å²) in [6, 6.07) is 14.1. The molecule has 144 valence electrons. The van der Waals surface area contributed by atoms with Crippen molar-refractivity contribution >= 4 is 29.1 Å². The predicted octanol–water partition coefficient (Wildman–Crippen LogP) is 3.91. The van der Waals surface area contributed by atoms with Gasteiger partial charge in [-0.25, -0.2) is 0 Å². The molecule has 0 saturated heterocycles. The van der Waals surface area contributed by atoms with Crippen molar-refractivity contribution in [3.05, 3.63) is 65.0 Å². The molecule has 3 rings (SSSR count). The van der Waals surface area contributed by atoms with Gasteiger partial charge in [-0.1, -0.05) is 43.3 Å². The summed E-state index contributed by atoms with van der Waals surface area (Å²) in [7, 11) is 0. The first-order chi connectivity index (χ1) is 12.5. The number of nitrogens with one attached hydrogen (secondary N) is 1. The minimum atomic E-state index is -0.236. The lowest BCUT2D eigenvalue weighted by Gasteiger charge is -2.18. The molecular weight excluding hydrogens is 360 g/mol. The van der Waals surface area contributed by atoms with Gasteiger partial charge in [0, 0.05) is 18.8 Å². The van der Waals surface area contributed by atoms with Crippen LogP contribution in [-0.4, -0.2) is 22.2 Å². The maximum Gasteiger partial charge on any atom is 0.255 e. The summed E-state index contributed by atoms with van der Waals surface area (Å²) in [6.07, 6.45) is 0.978. The Morgan fingerprint density at radius 3 is 2.56 bits per heavy atom. The summed E-state index contributed by atoms with van der Waals surface area (Å²) in [5, 5.41) is 9.89. The molecule has 1 heterocycles. The van der Waals surface area contributed by atoms with Gasteiger partial charge in [-0.15, -0.1) is 12.4 Å². The lowest BCUT2D eigenvalue weighted by Crippen LogP contribution is -2.34. The zero-order valence-electron chi connectivity index (χ0n) is 16.0. The molecule has 0 saturated carbocycles. The second-order valence-electron chi connectivity index (χ2n) is 6.64. The van der Waals surface area contributed by atoms with Crippen LogP contribution in [-0.2, 0) is 6.54 Å². The normalized spacial score (nSPS) is 11.9. The lowest BCUT2D eigenvalue weighted by molar-refractivity contribution is 0.0936. The summed E-state index contributed by atoms with van der Waals surface area (Å²) in [4.78, 5) is 12.9. The number of halogens is 1. The lowest BCUT2D eigenvalue weighted by atomic mass is 10.0. The average Bonchev–Trinajstić information content (AvgIpc) is 2.93. The maximum absolute atomic E-state index is 12.9.